The van der Waals surface area contributed by atoms with Crippen molar-refractivity contribution in [3.05, 3.63) is 29.3 Å². The number of anilines is 1. The highest BCUT2D eigenvalue weighted by molar-refractivity contribution is 5.91. The van der Waals surface area contributed by atoms with Gasteiger partial charge >= 0.3 is 12.4 Å². The zero-order chi connectivity index (χ0) is 15.6. The maximum atomic E-state index is 12.7. The van der Waals surface area contributed by atoms with Crippen molar-refractivity contribution in [1.82, 2.24) is 0 Å². The molecule has 0 spiro atoms. The fourth-order valence-corrected chi connectivity index (χ4v) is 1.48. The van der Waals surface area contributed by atoms with Gasteiger partial charge in [-0.05, 0) is 17.7 Å². The van der Waals surface area contributed by atoms with E-state index in [9.17, 15) is 31.1 Å². The van der Waals surface area contributed by atoms with Gasteiger partial charge in [-0.3, -0.25) is 4.79 Å². The second-order valence-electron chi connectivity index (χ2n) is 3.91. The molecule has 1 rings (SSSR count). The molecule has 0 aromatic heterocycles. The van der Waals surface area contributed by atoms with Crippen LogP contribution in [-0.4, -0.2) is 12.1 Å². The average molecular weight is 300 g/mol. The van der Waals surface area contributed by atoms with Crippen molar-refractivity contribution in [3.63, 3.8) is 0 Å². The molecule has 1 aromatic carbocycles. The van der Waals surface area contributed by atoms with E-state index in [2.05, 4.69) is 0 Å². The number of rotatable bonds is 3. The Morgan fingerprint density at radius 1 is 1.15 bits per heavy atom. The number of hydrogen-bond donors (Lipinski definition) is 2. The van der Waals surface area contributed by atoms with Gasteiger partial charge in [-0.1, -0.05) is 6.07 Å². The Hall–Kier alpha value is -1.77. The van der Waals surface area contributed by atoms with Crippen LogP contribution in [0.15, 0.2) is 18.2 Å². The molecule has 0 saturated heterocycles. The lowest BCUT2D eigenvalue weighted by Crippen LogP contribution is -2.21. The van der Waals surface area contributed by atoms with Crippen LogP contribution in [-0.2, 0) is 17.5 Å². The Balaban J connectivity index is 2.96. The van der Waals surface area contributed by atoms with Gasteiger partial charge in [0.1, 0.15) is 6.42 Å². The summed E-state index contributed by atoms with van der Waals surface area (Å²) in [5.74, 6) is -1.44. The number of nitrogens with one attached hydrogen (secondary N) is 1. The number of amides is 1. The molecule has 1 amide bonds. The highest BCUT2D eigenvalue weighted by atomic mass is 19.4. The highest BCUT2D eigenvalue weighted by Crippen LogP contribution is 2.33. The van der Waals surface area contributed by atoms with Crippen LogP contribution in [0.4, 0.5) is 32.0 Å². The van der Waals surface area contributed by atoms with Gasteiger partial charge in [0, 0.05) is 12.2 Å². The first-order chi connectivity index (χ1) is 9.03. The lowest BCUT2D eigenvalue weighted by molar-refractivity contribution is -0.150. The van der Waals surface area contributed by atoms with E-state index in [4.69, 9.17) is 5.73 Å². The van der Waals surface area contributed by atoms with Crippen molar-refractivity contribution in [2.24, 2.45) is 5.73 Å². The van der Waals surface area contributed by atoms with Crippen molar-refractivity contribution in [2.45, 2.75) is 25.3 Å². The quantitative estimate of drug-likeness (QED) is 0.843. The van der Waals surface area contributed by atoms with Crippen molar-refractivity contribution in [1.29, 1.82) is 0 Å². The molecule has 3 nitrogen and oxygen atoms in total. The third-order valence-corrected chi connectivity index (χ3v) is 2.28. The summed E-state index contributed by atoms with van der Waals surface area (Å²) in [6.07, 6.45) is -11.2. The smallest absolute Gasteiger partial charge is 0.326 e. The monoisotopic (exact) mass is 300 g/mol. The summed E-state index contributed by atoms with van der Waals surface area (Å²) in [6.45, 7) is -0.383. The van der Waals surface area contributed by atoms with Crippen LogP contribution in [0.3, 0.4) is 0 Å². The topological polar surface area (TPSA) is 55.1 Å². The molecule has 0 fully saturated rings. The number of hydrogen-bond acceptors (Lipinski definition) is 2. The first-order valence-electron chi connectivity index (χ1n) is 5.29. The number of alkyl halides is 6. The van der Waals surface area contributed by atoms with Gasteiger partial charge in [-0.15, -0.1) is 0 Å². The molecule has 0 radical (unpaired) electrons. The molecule has 0 heterocycles. The van der Waals surface area contributed by atoms with E-state index in [1.54, 1.807) is 5.32 Å². The predicted molar refractivity (Wildman–Crippen MR) is 58.6 cm³/mol. The standard InChI is InChI=1S/C11H10F6N2O/c12-10(13,14)4-9(20)19-7-2-1-6(5-18)8(3-7)11(15,16)17/h1-3H,4-5,18H2,(H,19,20). The number of halogens is 6. The van der Waals surface area contributed by atoms with E-state index in [0.717, 1.165) is 12.1 Å². The third-order valence-electron chi connectivity index (χ3n) is 2.28. The normalized spacial score (nSPS) is 12.3. The molecule has 0 atom stereocenters. The molecule has 0 unspecified atom stereocenters. The van der Waals surface area contributed by atoms with E-state index in [-0.39, 0.29) is 17.8 Å². The second-order valence-corrected chi connectivity index (χ2v) is 3.91. The molecule has 20 heavy (non-hydrogen) atoms. The zero-order valence-electron chi connectivity index (χ0n) is 9.90. The summed E-state index contributed by atoms with van der Waals surface area (Å²) in [7, 11) is 0. The third kappa shape index (κ3) is 4.72. The highest BCUT2D eigenvalue weighted by Gasteiger charge is 2.34. The van der Waals surface area contributed by atoms with Gasteiger partial charge < -0.3 is 11.1 Å². The fraction of sp³-hybridized carbons (Fsp3) is 0.364. The maximum Gasteiger partial charge on any atom is 0.416 e. The van der Waals surface area contributed by atoms with Crippen molar-refractivity contribution < 1.29 is 31.1 Å². The summed E-state index contributed by atoms with van der Waals surface area (Å²) < 4.78 is 73.8. The van der Waals surface area contributed by atoms with E-state index < -0.39 is 30.2 Å². The van der Waals surface area contributed by atoms with Gasteiger partial charge in [0.25, 0.3) is 0 Å². The SMILES string of the molecule is NCc1ccc(NC(=O)CC(F)(F)F)cc1C(F)(F)F. The van der Waals surface area contributed by atoms with Crippen LogP contribution in [0.5, 0.6) is 0 Å². The largest absolute Gasteiger partial charge is 0.416 e. The van der Waals surface area contributed by atoms with E-state index in [1.165, 1.54) is 0 Å². The molecule has 1 aromatic rings. The average Bonchev–Trinajstić information content (AvgIpc) is 2.25. The Kier molecular flexibility index (Phi) is 4.64. The molecule has 3 N–H and O–H groups in total. The molecule has 0 bridgehead atoms. The zero-order valence-corrected chi connectivity index (χ0v) is 9.90. The minimum atomic E-state index is -4.73. The van der Waals surface area contributed by atoms with Gasteiger partial charge in [-0.25, -0.2) is 0 Å². The maximum absolute atomic E-state index is 12.7. The molecular weight excluding hydrogens is 290 g/mol. The minimum Gasteiger partial charge on any atom is -0.326 e. The van der Waals surface area contributed by atoms with E-state index in [1.807, 2.05) is 0 Å². The van der Waals surface area contributed by atoms with Crippen LogP contribution in [0.1, 0.15) is 17.5 Å². The number of carbonyl (C=O) groups is 1. The molecule has 0 aliphatic carbocycles. The summed E-state index contributed by atoms with van der Waals surface area (Å²) in [4.78, 5) is 11.0. The summed E-state index contributed by atoms with van der Waals surface area (Å²) in [5, 5.41) is 1.76. The number of benzene rings is 1. The van der Waals surface area contributed by atoms with Crippen molar-refractivity contribution in [3.8, 4) is 0 Å². The molecule has 0 aliphatic heterocycles. The Morgan fingerprint density at radius 2 is 1.75 bits per heavy atom. The number of carbonyl (C=O) groups excluding carboxylic acids is 1. The lowest BCUT2D eigenvalue weighted by atomic mass is 10.1. The number of nitrogens with two attached hydrogens (primary N) is 1. The first kappa shape index (κ1) is 16.3. The molecule has 0 aliphatic rings. The van der Waals surface area contributed by atoms with Crippen molar-refractivity contribution in [2.75, 3.05) is 5.32 Å². The van der Waals surface area contributed by atoms with Crippen molar-refractivity contribution >= 4 is 11.6 Å². The predicted octanol–water partition coefficient (Wildman–Crippen LogP) is 3.06. The molecular formula is C11H10F6N2O. The molecule has 0 saturated carbocycles. The van der Waals surface area contributed by atoms with Gasteiger partial charge in [0.2, 0.25) is 5.91 Å². The van der Waals surface area contributed by atoms with Gasteiger partial charge in [-0.2, -0.15) is 26.3 Å². The fourth-order valence-electron chi connectivity index (χ4n) is 1.48. The van der Waals surface area contributed by atoms with Gasteiger partial charge in [0.05, 0.1) is 5.56 Å². The lowest BCUT2D eigenvalue weighted by Gasteiger charge is -2.14. The van der Waals surface area contributed by atoms with Gasteiger partial charge in [0.15, 0.2) is 0 Å². The summed E-state index contributed by atoms with van der Waals surface area (Å²) in [6, 6.07) is 2.62. The van der Waals surface area contributed by atoms with E-state index in [0.29, 0.717) is 6.07 Å². The van der Waals surface area contributed by atoms with Crippen LogP contribution < -0.4 is 11.1 Å². The summed E-state index contributed by atoms with van der Waals surface area (Å²) in [5.41, 5.74) is 3.47. The first-order valence-corrected chi connectivity index (χ1v) is 5.29. The van der Waals surface area contributed by atoms with Crippen LogP contribution in [0.2, 0.25) is 0 Å². The summed E-state index contributed by atoms with van der Waals surface area (Å²) >= 11 is 0. The molecule has 9 heteroatoms. The second kappa shape index (κ2) is 5.70. The van der Waals surface area contributed by atoms with Crippen LogP contribution in [0.25, 0.3) is 0 Å². The van der Waals surface area contributed by atoms with E-state index >= 15 is 0 Å². The Bertz CT molecular complexity index is 495. The molecule has 112 valence electrons. The Morgan fingerprint density at radius 3 is 2.20 bits per heavy atom. The Labute approximate surface area is 109 Å². The van der Waals surface area contributed by atoms with Crippen LogP contribution in [0, 0.1) is 0 Å². The van der Waals surface area contributed by atoms with Crippen LogP contribution >= 0.6 is 0 Å². The minimum absolute atomic E-state index is 0.216.